The Labute approximate surface area is 90.6 Å². The topological polar surface area (TPSA) is 0 Å². The van der Waals surface area contributed by atoms with E-state index in [9.17, 15) is 0 Å². The molecule has 0 aromatic heterocycles. The molecule has 0 N–H and O–H groups in total. The van der Waals surface area contributed by atoms with Gasteiger partial charge in [-0.2, -0.15) is 12.8 Å². The van der Waals surface area contributed by atoms with E-state index >= 15 is 0 Å². The SMILES string of the molecule is [Al+3].[CH-]=CCCC.[CH2-]CC.[CH2-]CC. The average Bonchev–Trinajstić information content (AvgIpc) is 1.92. The van der Waals surface area contributed by atoms with Crippen LogP contribution in [-0.2, 0) is 0 Å². The number of unbranched alkanes of at least 4 members (excludes halogenated alkanes) is 1. The van der Waals surface area contributed by atoms with Crippen LogP contribution >= 0.6 is 0 Å². The van der Waals surface area contributed by atoms with Crippen molar-refractivity contribution in [3.63, 3.8) is 0 Å². The fourth-order valence-electron chi connectivity index (χ4n) is 0.167. The molecule has 1 heteroatoms. The molecule has 0 spiro atoms. The van der Waals surface area contributed by atoms with Crippen LogP contribution in [0.15, 0.2) is 6.08 Å². The molecule has 0 nitrogen and oxygen atoms in total. The van der Waals surface area contributed by atoms with E-state index < -0.39 is 0 Å². The zero-order chi connectivity index (χ0) is 9.54. The largest absolute Gasteiger partial charge is 3.00 e. The van der Waals surface area contributed by atoms with Crippen molar-refractivity contribution < 1.29 is 0 Å². The summed E-state index contributed by atoms with van der Waals surface area (Å²) in [5.74, 6) is 0. The van der Waals surface area contributed by atoms with Crippen LogP contribution in [0.25, 0.3) is 0 Å². The number of hydrogen-bond donors (Lipinski definition) is 0. The smallest absolute Gasteiger partial charge is 0.518 e. The van der Waals surface area contributed by atoms with Crippen molar-refractivity contribution in [1.29, 1.82) is 0 Å². The number of rotatable bonds is 2. The van der Waals surface area contributed by atoms with E-state index in [2.05, 4.69) is 20.8 Å². The van der Waals surface area contributed by atoms with E-state index in [4.69, 9.17) is 6.58 Å². The van der Waals surface area contributed by atoms with Crippen molar-refractivity contribution in [3.05, 3.63) is 26.5 Å². The van der Waals surface area contributed by atoms with E-state index in [0.717, 1.165) is 25.7 Å². The van der Waals surface area contributed by atoms with Crippen molar-refractivity contribution in [2.75, 3.05) is 0 Å². The molecular formula is C11H23Al. The molecular weight excluding hydrogens is 159 g/mol. The third-order valence-corrected chi connectivity index (χ3v) is 0.455. The van der Waals surface area contributed by atoms with Gasteiger partial charge in [-0.05, 0) is 0 Å². The predicted octanol–water partition coefficient (Wildman–Crippen LogP) is 3.86. The fourth-order valence-corrected chi connectivity index (χ4v) is 0.167. The summed E-state index contributed by atoms with van der Waals surface area (Å²) in [7, 11) is 0. The van der Waals surface area contributed by atoms with Crippen LogP contribution < -0.4 is 0 Å². The molecule has 0 atom stereocenters. The van der Waals surface area contributed by atoms with Gasteiger partial charge in [0.15, 0.2) is 0 Å². The van der Waals surface area contributed by atoms with E-state index in [-0.39, 0.29) is 17.4 Å². The van der Waals surface area contributed by atoms with Gasteiger partial charge in [0.25, 0.3) is 0 Å². The third kappa shape index (κ3) is 171. The first-order chi connectivity index (χ1) is 5.24. The van der Waals surface area contributed by atoms with Crippen LogP contribution in [-0.4, -0.2) is 17.4 Å². The fraction of sp³-hybridized carbons (Fsp3) is 0.636. The summed E-state index contributed by atoms with van der Waals surface area (Å²) in [6.07, 6.45) is 5.89. The summed E-state index contributed by atoms with van der Waals surface area (Å²) in [5, 5.41) is 0. The molecule has 0 aliphatic heterocycles. The Morgan fingerprint density at radius 3 is 1.33 bits per heavy atom. The molecule has 0 aliphatic carbocycles. The zero-order valence-corrected chi connectivity index (χ0v) is 10.1. The molecule has 12 heavy (non-hydrogen) atoms. The summed E-state index contributed by atoms with van der Waals surface area (Å²) in [5.41, 5.74) is 0. The Morgan fingerprint density at radius 1 is 1.08 bits per heavy atom. The second-order valence-corrected chi connectivity index (χ2v) is 2.02. The molecule has 70 valence electrons. The molecule has 0 rings (SSSR count). The first-order valence-corrected chi connectivity index (χ1v) is 4.36. The van der Waals surface area contributed by atoms with Crippen molar-refractivity contribution in [2.45, 2.75) is 46.5 Å². The van der Waals surface area contributed by atoms with E-state index in [0.29, 0.717) is 0 Å². The second kappa shape index (κ2) is 42.8. The summed E-state index contributed by atoms with van der Waals surface area (Å²) in [6, 6.07) is 0. The zero-order valence-electron chi connectivity index (χ0n) is 8.97. The first kappa shape index (κ1) is 22.8. The molecule has 0 unspecified atom stereocenters. The van der Waals surface area contributed by atoms with Gasteiger partial charge in [-0.25, -0.2) is 0 Å². The van der Waals surface area contributed by atoms with Gasteiger partial charge in [0, 0.05) is 0 Å². The van der Waals surface area contributed by atoms with E-state index in [1.807, 2.05) is 13.8 Å². The Balaban J connectivity index is -0.0000000406. The summed E-state index contributed by atoms with van der Waals surface area (Å²) >= 11 is 0. The van der Waals surface area contributed by atoms with Gasteiger partial charge in [-0.15, -0.1) is 0 Å². The summed E-state index contributed by atoms with van der Waals surface area (Å²) in [6.45, 7) is 18.1. The summed E-state index contributed by atoms with van der Waals surface area (Å²) < 4.78 is 0. The molecule has 0 aromatic rings. The predicted molar refractivity (Wildman–Crippen MR) is 60.8 cm³/mol. The Kier molecular flexibility index (Phi) is 81.3. The van der Waals surface area contributed by atoms with Crippen LogP contribution in [0.3, 0.4) is 0 Å². The molecule has 0 bridgehead atoms. The maximum absolute atomic E-state index is 5.01. The minimum Gasteiger partial charge on any atom is -0.518 e. The quantitative estimate of drug-likeness (QED) is 0.449. The monoisotopic (exact) mass is 182 g/mol. The average molecular weight is 182 g/mol. The third-order valence-electron chi connectivity index (χ3n) is 0.455. The summed E-state index contributed by atoms with van der Waals surface area (Å²) in [4.78, 5) is 0. The number of allylic oxidation sites excluding steroid dienone is 1. The van der Waals surface area contributed by atoms with Gasteiger partial charge < -0.3 is 20.4 Å². The first-order valence-electron chi connectivity index (χ1n) is 4.36. The van der Waals surface area contributed by atoms with Gasteiger partial charge in [0.1, 0.15) is 0 Å². The molecule has 0 heterocycles. The van der Waals surface area contributed by atoms with Crippen LogP contribution in [0.5, 0.6) is 0 Å². The maximum atomic E-state index is 5.01. The molecule has 0 saturated heterocycles. The molecule has 0 radical (unpaired) electrons. The standard InChI is InChI=1S/C5H9.2C3H7.Al/c1-3-5-4-2;2*1-3-2;/h1,3H,4-5H2,2H3;2*1,3H2,2H3;/q3*-1;+3. The normalized spacial score (nSPS) is 6.08. The van der Waals surface area contributed by atoms with Gasteiger partial charge in [0.05, 0.1) is 0 Å². The van der Waals surface area contributed by atoms with Crippen molar-refractivity contribution in [2.24, 2.45) is 0 Å². The van der Waals surface area contributed by atoms with Crippen LogP contribution in [0.1, 0.15) is 46.5 Å². The van der Waals surface area contributed by atoms with E-state index in [1.165, 1.54) is 0 Å². The van der Waals surface area contributed by atoms with Crippen molar-refractivity contribution >= 4 is 17.4 Å². The van der Waals surface area contributed by atoms with Gasteiger partial charge in [-0.3, -0.25) is 6.08 Å². The van der Waals surface area contributed by atoms with Gasteiger partial charge in [-0.1, -0.05) is 33.6 Å². The Morgan fingerprint density at radius 2 is 1.33 bits per heavy atom. The van der Waals surface area contributed by atoms with Crippen molar-refractivity contribution in [3.8, 4) is 0 Å². The Bertz CT molecular complexity index is 40.3. The molecule has 0 aliphatic rings. The van der Waals surface area contributed by atoms with Crippen molar-refractivity contribution in [1.82, 2.24) is 0 Å². The minimum absolute atomic E-state index is 0. The van der Waals surface area contributed by atoms with Crippen LogP contribution in [0.2, 0.25) is 0 Å². The molecule has 0 aromatic carbocycles. The maximum Gasteiger partial charge on any atom is 3.00 e. The van der Waals surface area contributed by atoms with Gasteiger partial charge >= 0.3 is 17.4 Å². The van der Waals surface area contributed by atoms with Crippen LogP contribution in [0, 0.1) is 20.4 Å². The molecule has 0 saturated carbocycles. The van der Waals surface area contributed by atoms with E-state index in [1.54, 1.807) is 6.08 Å². The molecule has 0 amide bonds. The minimum atomic E-state index is 0. The molecule has 0 fully saturated rings. The number of hydrogen-bond acceptors (Lipinski definition) is 0. The Hall–Kier alpha value is 0.272. The second-order valence-electron chi connectivity index (χ2n) is 2.02. The van der Waals surface area contributed by atoms with Crippen LogP contribution in [0.4, 0.5) is 0 Å². The van der Waals surface area contributed by atoms with Gasteiger partial charge in [0.2, 0.25) is 0 Å².